The number of aromatic nitrogens is 1. The lowest BCUT2D eigenvalue weighted by atomic mass is 9.96. The van der Waals surface area contributed by atoms with Gasteiger partial charge in [0.15, 0.2) is 11.6 Å². The summed E-state index contributed by atoms with van der Waals surface area (Å²) >= 11 is 0. The van der Waals surface area contributed by atoms with E-state index in [-0.39, 0.29) is 43.3 Å². The molecule has 1 atom stereocenters. The van der Waals surface area contributed by atoms with Gasteiger partial charge in [0.05, 0.1) is 12.7 Å². The fourth-order valence-electron chi connectivity index (χ4n) is 3.98. The van der Waals surface area contributed by atoms with Crippen molar-refractivity contribution < 1.29 is 29.1 Å². The number of benzene rings is 1. The zero-order valence-electron chi connectivity index (χ0n) is 20.3. The number of pyridine rings is 1. The maximum Gasteiger partial charge on any atom is 0.332 e. The Kier molecular flexibility index (Phi) is 9.93. The highest BCUT2D eigenvalue weighted by Crippen LogP contribution is 2.19. The summed E-state index contributed by atoms with van der Waals surface area (Å²) < 4.78 is 10.9. The monoisotopic (exact) mass is 496 g/mol. The van der Waals surface area contributed by atoms with Gasteiger partial charge in [-0.05, 0) is 30.5 Å². The third kappa shape index (κ3) is 7.88. The van der Waals surface area contributed by atoms with Crippen molar-refractivity contribution in [2.75, 3.05) is 26.3 Å². The molecule has 2 heterocycles. The van der Waals surface area contributed by atoms with E-state index >= 15 is 0 Å². The lowest BCUT2D eigenvalue weighted by Crippen LogP contribution is -2.43. The molecule has 1 aromatic heterocycles. The number of oxime groups is 1. The smallest absolute Gasteiger partial charge is 0.332 e. The molecule has 0 aliphatic carbocycles. The van der Waals surface area contributed by atoms with Crippen molar-refractivity contribution >= 4 is 23.5 Å². The molecule has 10 nitrogen and oxygen atoms in total. The number of amidine groups is 1. The van der Waals surface area contributed by atoms with E-state index in [0.717, 1.165) is 5.56 Å². The van der Waals surface area contributed by atoms with Gasteiger partial charge in [-0.3, -0.25) is 14.6 Å². The van der Waals surface area contributed by atoms with Gasteiger partial charge in [-0.1, -0.05) is 36.3 Å². The molecule has 1 saturated heterocycles. The average molecular weight is 497 g/mol. The minimum atomic E-state index is -0.464. The SMILES string of the molecule is C[C@H](CC(=O)c1ccc(/C(N)=N/O)cc1)C(=O)N1CCC(OCC(=O)OCCc2ccncc2)CC1. The van der Waals surface area contributed by atoms with Crippen LogP contribution < -0.4 is 5.73 Å². The minimum Gasteiger partial charge on any atom is -0.464 e. The van der Waals surface area contributed by atoms with Gasteiger partial charge in [0, 0.05) is 55.4 Å². The Balaban J connectivity index is 1.35. The van der Waals surface area contributed by atoms with Crippen LogP contribution in [0.5, 0.6) is 0 Å². The van der Waals surface area contributed by atoms with Crippen molar-refractivity contribution in [2.24, 2.45) is 16.8 Å². The molecule has 1 fully saturated rings. The number of likely N-dealkylation sites (tertiary alicyclic amines) is 1. The number of carbonyl (C=O) groups is 3. The number of carbonyl (C=O) groups excluding carboxylic acids is 3. The van der Waals surface area contributed by atoms with E-state index in [9.17, 15) is 14.4 Å². The molecule has 0 spiro atoms. The van der Waals surface area contributed by atoms with Crippen LogP contribution in [0, 0.1) is 5.92 Å². The van der Waals surface area contributed by atoms with E-state index in [1.54, 1.807) is 48.5 Å². The molecule has 1 aliphatic rings. The molecule has 192 valence electrons. The van der Waals surface area contributed by atoms with E-state index in [1.807, 2.05) is 12.1 Å². The number of amides is 1. The van der Waals surface area contributed by atoms with E-state index in [0.29, 0.717) is 43.5 Å². The quantitative estimate of drug-likeness (QED) is 0.120. The molecule has 1 aromatic carbocycles. The molecule has 36 heavy (non-hydrogen) atoms. The van der Waals surface area contributed by atoms with Crippen LogP contribution in [-0.4, -0.2) is 71.0 Å². The molecule has 1 aliphatic heterocycles. The van der Waals surface area contributed by atoms with Crippen molar-refractivity contribution in [3.05, 3.63) is 65.5 Å². The minimum absolute atomic E-state index is 0.0390. The maximum atomic E-state index is 12.8. The first-order chi connectivity index (χ1) is 17.4. The third-order valence-electron chi connectivity index (χ3n) is 6.12. The van der Waals surface area contributed by atoms with Crippen LogP contribution in [-0.2, 0) is 25.5 Å². The second kappa shape index (κ2) is 13.3. The fourth-order valence-corrected chi connectivity index (χ4v) is 3.98. The molecule has 10 heteroatoms. The summed E-state index contributed by atoms with van der Waals surface area (Å²) in [5, 5.41) is 11.7. The van der Waals surface area contributed by atoms with E-state index in [4.69, 9.17) is 20.4 Å². The number of ether oxygens (including phenoxy) is 2. The molecule has 0 bridgehead atoms. The number of nitrogens with two attached hydrogens (primary N) is 1. The van der Waals surface area contributed by atoms with Crippen molar-refractivity contribution in [1.29, 1.82) is 0 Å². The number of Topliss-reactive ketones (excluding diaryl/α,β-unsaturated/α-hetero) is 1. The van der Waals surface area contributed by atoms with Crippen LogP contribution in [0.3, 0.4) is 0 Å². The average Bonchev–Trinajstić information content (AvgIpc) is 2.92. The van der Waals surface area contributed by atoms with Crippen LogP contribution in [0.4, 0.5) is 0 Å². The second-order valence-corrected chi connectivity index (χ2v) is 8.75. The summed E-state index contributed by atoms with van der Waals surface area (Å²) in [7, 11) is 0. The number of hydrogen-bond acceptors (Lipinski definition) is 8. The summed E-state index contributed by atoms with van der Waals surface area (Å²) in [5.74, 6) is -1.14. The zero-order chi connectivity index (χ0) is 25.9. The first-order valence-electron chi connectivity index (χ1n) is 11.9. The van der Waals surface area contributed by atoms with Crippen molar-refractivity contribution in [1.82, 2.24) is 9.88 Å². The van der Waals surface area contributed by atoms with Crippen LogP contribution in [0.1, 0.15) is 47.7 Å². The molecular weight excluding hydrogens is 464 g/mol. The third-order valence-corrected chi connectivity index (χ3v) is 6.12. The van der Waals surface area contributed by atoms with Crippen molar-refractivity contribution in [3.63, 3.8) is 0 Å². The Labute approximate surface area is 210 Å². The number of esters is 1. The molecule has 0 saturated carbocycles. The molecular formula is C26H32N4O6. The summed E-state index contributed by atoms with van der Waals surface area (Å²) in [6, 6.07) is 10.1. The number of ketones is 1. The van der Waals surface area contributed by atoms with Crippen LogP contribution in [0.15, 0.2) is 53.9 Å². The van der Waals surface area contributed by atoms with E-state index < -0.39 is 11.9 Å². The lowest BCUT2D eigenvalue weighted by Gasteiger charge is -2.33. The van der Waals surface area contributed by atoms with Crippen LogP contribution in [0.2, 0.25) is 0 Å². The Morgan fingerprint density at radius 2 is 1.75 bits per heavy atom. The highest BCUT2D eigenvalue weighted by Gasteiger charge is 2.28. The van der Waals surface area contributed by atoms with Gasteiger partial charge in [0.25, 0.3) is 0 Å². The van der Waals surface area contributed by atoms with E-state index in [1.165, 1.54) is 0 Å². The Morgan fingerprint density at radius 3 is 2.39 bits per heavy atom. The predicted molar refractivity (Wildman–Crippen MR) is 132 cm³/mol. The number of nitrogens with zero attached hydrogens (tertiary/aromatic N) is 3. The van der Waals surface area contributed by atoms with Crippen molar-refractivity contribution in [2.45, 2.75) is 38.7 Å². The van der Waals surface area contributed by atoms with Gasteiger partial charge in [0.2, 0.25) is 5.91 Å². The van der Waals surface area contributed by atoms with Crippen LogP contribution in [0.25, 0.3) is 0 Å². The van der Waals surface area contributed by atoms with Gasteiger partial charge < -0.3 is 25.3 Å². The predicted octanol–water partition coefficient (Wildman–Crippen LogP) is 2.18. The first kappa shape index (κ1) is 26.8. The van der Waals surface area contributed by atoms with Gasteiger partial charge in [-0.15, -0.1) is 0 Å². The van der Waals surface area contributed by atoms with Gasteiger partial charge in [-0.2, -0.15) is 0 Å². The lowest BCUT2D eigenvalue weighted by molar-refractivity contribution is -0.153. The summed E-state index contributed by atoms with van der Waals surface area (Å²) in [6.45, 7) is 2.93. The molecule has 0 unspecified atom stereocenters. The van der Waals surface area contributed by atoms with Crippen molar-refractivity contribution in [3.8, 4) is 0 Å². The van der Waals surface area contributed by atoms with Gasteiger partial charge in [0.1, 0.15) is 6.61 Å². The highest BCUT2D eigenvalue weighted by atomic mass is 16.6. The Bertz CT molecular complexity index is 1050. The molecule has 1 amide bonds. The number of rotatable bonds is 11. The number of piperidine rings is 1. The fraction of sp³-hybridized carbons (Fsp3) is 0.423. The first-order valence-corrected chi connectivity index (χ1v) is 11.9. The number of hydrogen-bond donors (Lipinski definition) is 2. The van der Waals surface area contributed by atoms with Crippen LogP contribution >= 0.6 is 0 Å². The Hall–Kier alpha value is -3.79. The molecule has 0 radical (unpaired) electrons. The van der Waals surface area contributed by atoms with Gasteiger partial charge >= 0.3 is 5.97 Å². The van der Waals surface area contributed by atoms with E-state index in [2.05, 4.69) is 10.1 Å². The molecule has 2 aromatic rings. The molecule has 3 rings (SSSR count). The van der Waals surface area contributed by atoms with Gasteiger partial charge in [-0.25, -0.2) is 4.79 Å². The summed E-state index contributed by atoms with van der Waals surface area (Å²) in [6.07, 6.45) is 5.21. The summed E-state index contributed by atoms with van der Waals surface area (Å²) in [5.41, 5.74) is 7.55. The largest absolute Gasteiger partial charge is 0.464 e. The normalized spacial score (nSPS) is 15.4. The second-order valence-electron chi connectivity index (χ2n) is 8.75. The Morgan fingerprint density at radius 1 is 1.11 bits per heavy atom. The summed E-state index contributed by atoms with van der Waals surface area (Å²) in [4.78, 5) is 43.1. The highest BCUT2D eigenvalue weighted by molar-refractivity contribution is 6.01. The molecule has 3 N–H and O–H groups in total. The maximum absolute atomic E-state index is 12.8. The standard InChI is InChI=1S/C26H32N4O6/c1-18(16-23(31)20-2-4-21(5-3-20)25(27)29-34)26(33)30-13-8-22(9-14-30)36-17-24(32)35-15-10-19-6-11-28-12-7-19/h2-7,11-12,18,22,34H,8-10,13-17H2,1H3,(H2,27,29)/t18-/m1/s1. The zero-order valence-corrected chi connectivity index (χ0v) is 20.3. The topological polar surface area (TPSA) is 144 Å².